The smallest absolute Gasteiger partial charge is 0.277 e. The third-order valence-corrected chi connectivity index (χ3v) is 3.67. The molecule has 3 rings (SSSR count). The minimum atomic E-state index is -0.384. The zero-order chi connectivity index (χ0) is 18.4. The van der Waals surface area contributed by atoms with E-state index in [1.807, 2.05) is 61.5 Å². The van der Waals surface area contributed by atoms with Gasteiger partial charge in [-0.25, -0.2) is 0 Å². The summed E-state index contributed by atoms with van der Waals surface area (Å²) in [5.74, 6) is -0.193. The first kappa shape index (κ1) is 17.3. The molecule has 1 aromatic heterocycles. The van der Waals surface area contributed by atoms with Crippen LogP contribution in [0.15, 0.2) is 59.7 Å². The van der Waals surface area contributed by atoms with Crippen molar-refractivity contribution in [1.29, 1.82) is 0 Å². The van der Waals surface area contributed by atoms with Crippen molar-refractivity contribution in [2.45, 2.75) is 13.5 Å². The Kier molecular flexibility index (Phi) is 5.38. The molecule has 3 aromatic rings. The molecule has 0 atom stereocenters. The second-order valence-electron chi connectivity index (χ2n) is 5.64. The Balaban J connectivity index is 1.85. The van der Waals surface area contributed by atoms with Crippen LogP contribution in [0.2, 0.25) is 0 Å². The van der Waals surface area contributed by atoms with Crippen molar-refractivity contribution in [1.82, 2.24) is 20.4 Å². The number of ether oxygens (including phenoxy) is 1. The molecule has 0 aliphatic heterocycles. The van der Waals surface area contributed by atoms with Crippen molar-refractivity contribution in [2.75, 3.05) is 7.05 Å². The van der Waals surface area contributed by atoms with Crippen LogP contribution in [0.1, 0.15) is 27.2 Å². The molecule has 132 valence electrons. The Morgan fingerprint density at radius 3 is 2.62 bits per heavy atom. The summed E-state index contributed by atoms with van der Waals surface area (Å²) in [6.45, 7) is 2.29. The van der Waals surface area contributed by atoms with Crippen LogP contribution in [-0.2, 0) is 6.61 Å². The molecule has 0 fully saturated rings. The molecule has 0 saturated carbocycles. The number of rotatable bonds is 6. The van der Waals surface area contributed by atoms with Gasteiger partial charge in [-0.3, -0.25) is 4.79 Å². The van der Waals surface area contributed by atoms with Gasteiger partial charge in [0.2, 0.25) is 5.69 Å². The highest BCUT2D eigenvalue weighted by Gasteiger charge is 2.20. The number of amides is 1. The number of hydrogen-bond donors (Lipinski definition) is 1. The van der Waals surface area contributed by atoms with Crippen LogP contribution in [0.25, 0.3) is 0 Å². The molecule has 7 heteroatoms. The Bertz CT molecular complexity index is 901. The second kappa shape index (κ2) is 8.06. The summed E-state index contributed by atoms with van der Waals surface area (Å²) in [6, 6.07) is 17.5. The lowest BCUT2D eigenvalue weighted by atomic mass is 10.2. The van der Waals surface area contributed by atoms with E-state index in [1.54, 1.807) is 6.21 Å². The number of carbonyl (C=O) groups is 1. The molecule has 26 heavy (non-hydrogen) atoms. The minimum Gasteiger partial charge on any atom is -0.470 e. The van der Waals surface area contributed by atoms with Gasteiger partial charge in [0.25, 0.3) is 11.8 Å². The number of benzene rings is 2. The Hall–Kier alpha value is -3.48. The van der Waals surface area contributed by atoms with Crippen molar-refractivity contribution in [3.05, 3.63) is 77.0 Å². The number of nitrogens with one attached hydrogen (secondary N) is 1. The third kappa shape index (κ3) is 4.13. The van der Waals surface area contributed by atoms with E-state index in [2.05, 4.69) is 20.7 Å². The van der Waals surface area contributed by atoms with Crippen molar-refractivity contribution in [3.63, 3.8) is 0 Å². The van der Waals surface area contributed by atoms with E-state index in [1.165, 1.54) is 11.8 Å². The van der Waals surface area contributed by atoms with Gasteiger partial charge < -0.3 is 10.1 Å². The molecule has 7 nitrogen and oxygen atoms in total. The predicted molar refractivity (Wildman–Crippen MR) is 98.4 cm³/mol. The summed E-state index contributed by atoms with van der Waals surface area (Å²) in [5.41, 5.74) is 3.12. The van der Waals surface area contributed by atoms with Crippen molar-refractivity contribution >= 4 is 12.1 Å². The average Bonchev–Trinajstić information content (AvgIpc) is 3.09. The molecular weight excluding hydrogens is 330 g/mol. The summed E-state index contributed by atoms with van der Waals surface area (Å²) < 4.78 is 5.79. The fourth-order valence-electron chi connectivity index (χ4n) is 2.23. The maximum Gasteiger partial charge on any atom is 0.277 e. The number of nitrogens with zero attached hydrogens (tertiary/aromatic N) is 4. The summed E-state index contributed by atoms with van der Waals surface area (Å²) in [5, 5.41) is 14.6. The predicted octanol–water partition coefficient (Wildman–Crippen LogP) is 2.41. The molecule has 0 aliphatic carbocycles. The topological polar surface area (TPSA) is 81.4 Å². The van der Waals surface area contributed by atoms with Gasteiger partial charge in [-0.15, -0.1) is 5.10 Å². The molecular formula is C19H19N5O2. The van der Waals surface area contributed by atoms with Crippen LogP contribution in [0, 0.1) is 6.92 Å². The van der Waals surface area contributed by atoms with Gasteiger partial charge in [0.15, 0.2) is 0 Å². The van der Waals surface area contributed by atoms with Gasteiger partial charge in [0, 0.05) is 7.05 Å². The fourth-order valence-corrected chi connectivity index (χ4v) is 2.23. The number of hydrogen-bond acceptors (Lipinski definition) is 5. The van der Waals surface area contributed by atoms with Crippen LogP contribution >= 0.6 is 0 Å². The molecule has 0 saturated heterocycles. The van der Waals surface area contributed by atoms with E-state index < -0.39 is 0 Å². The van der Waals surface area contributed by atoms with Gasteiger partial charge in [0.1, 0.15) is 6.61 Å². The zero-order valence-corrected chi connectivity index (χ0v) is 14.6. The van der Waals surface area contributed by atoms with Gasteiger partial charge in [-0.1, -0.05) is 65.0 Å². The summed E-state index contributed by atoms with van der Waals surface area (Å²) in [4.78, 5) is 13.2. The van der Waals surface area contributed by atoms with E-state index >= 15 is 0 Å². The maximum absolute atomic E-state index is 12.0. The average molecular weight is 349 g/mol. The van der Waals surface area contributed by atoms with Gasteiger partial charge >= 0.3 is 0 Å². The van der Waals surface area contributed by atoms with E-state index in [9.17, 15) is 4.79 Å². The quantitative estimate of drug-likeness (QED) is 0.693. The van der Waals surface area contributed by atoms with Crippen LogP contribution < -0.4 is 10.1 Å². The molecule has 0 unspecified atom stereocenters. The highest BCUT2D eigenvalue weighted by molar-refractivity contribution is 5.94. The highest BCUT2D eigenvalue weighted by Crippen LogP contribution is 2.17. The van der Waals surface area contributed by atoms with Gasteiger partial charge in [-0.05, 0) is 23.3 Å². The first-order valence-corrected chi connectivity index (χ1v) is 8.13. The van der Waals surface area contributed by atoms with E-state index in [0.717, 1.165) is 16.7 Å². The molecule has 2 aromatic carbocycles. The summed E-state index contributed by atoms with van der Waals surface area (Å²) in [6.07, 6.45) is 1.64. The number of carbonyl (C=O) groups excluding carboxylic acids is 1. The van der Waals surface area contributed by atoms with E-state index in [0.29, 0.717) is 0 Å². The Morgan fingerprint density at radius 2 is 1.92 bits per heavy atom. The normalized spacial score (nSPS) is 10.8. The largest absolute Gasteiger partial charge is 0.470 e. The second-order valence-corrected chi connectivity index (χ2v) is 5.64. The summed E-state index contributed by atoms with van der Waals surface area (Å²) >= 11 is 0. The number of aromatic nitrogens is 3. The van der Waals surface area contributed by atoms with Crippen molar-refractivity contribution < 1.29 is 9.53 Å². The van der Waals surface area contributed by atoms with Crippen LogP contribution in [0.4, 0.5) is 0 Å². The Morgan fingerprint density at radius 1 is 1.19 bits per heavy atom. The molecule has 0 bridgehead atoms. The van der Waals surface area contributed by atoms with Crippen LogP contribution in [0.5, 0.6) is 5.88 Å². The van der Waals surface area contributed by atoms with Crippen LogP contribution in [-0.4, -0.2) is 34.3 Å². The van der Waals surface area contributed by atoms with E-state index in [4.69, 9.17) is 4.74 Å². The van der Waals surface area contributed by atoms with Crippen molar-refractivity contribution in [3.8, 4) is 5.88 Å². The molecule has 0 radical (unpaired) electrons. The third-order valence-electron chi connectivity index (χ3n) is 3.67. The number of aryl methyl sites for hydroxylation is 1. The zero-order valence-electron chi connectivity index (χ0n) is 14.6. The lowest BCUT2D eigenvalue weighted by Crippen LogP contribution is -2.19. The van der Waals surface area contributed by atoms with Gasteiger partial charge in [0.05, 0.1) is 6.21 Å². The monoisotopic (exact) mass is 349 g/mol. The standard InChI is InChI=1S/C19H19N5O2/c1-14-8-10-15(11-9-14)12-21-24-19(17(22-23-24)18(25)20-2)26-13-16-6-4-3-5-7-16/h3-12H,13H2,1-2H3,(H,20,25). The lowest BCUT2D eigenvalue weighted by Gasteiger charge is -2.07. The SMILES string of the molecule is CNC(=O)c1nnn(N=Cc2ccc(C)cc2)c1OCc1ccccc1. The fraction of sp³-hybridized carbons (Fsp3) is 0.158. The molecule has 0 spiro atoms. The Labute approximate surface area is 151 Å². The summed E-state index contributed by atoms with van der Waals surface area (Å²) in [7, 11) is 1.53. The maximum atomic E-state index is 12.0. The minimum absolute atomic E-state index is 0.0875. The van der Waals surface area contributed by atoms with Crippen LogP contribution in [0.3, 0.4) is 0 Å². The first-order chi connectivity index (χ1) is 12.7. The molecule has 1 amide bonds. The molecule has 1 N–H and O–H groups in total. The van der Waals surface area contributed by atoms with Gasteiger partial charge in [-0.2, -0.15) is 5.10 Å². The van der Waals surface area contributed by atoms with E-state index in [-0.39, 0.29) is 24.1 Å². The van der Waals surface area contributed by atoms with Crippen molar-refractivity contribution in [2.24, 2.45) is 5.10 Å². The highest BCUT2D eigenvalue weighted by atomic mass is 16.5. The lowest BCUT2D eigenvalue weighted by molar-refractivity contribution is 0.0953. The molecule has 0 aliphatic rings. The molecule has 1 heterocycles. The first-order valence-electron chi connectivity index (χ1n) is 8.13.